The van der Waals surface area contributed by atoms with Crippen LogP contribution in [0, 0.1) is 11.7 Å². The molecule has 1 aromatic carbocycles. The lowest BCUT2D eigenvalue weighted by Gasteiger charge is -2.34. The minimum Gasteiger partial charge on any atom is -0.355 e. The summed E-state index contributed by atoms with van der Waals surface area (Å²) in [4.78, 5) is 19.2. The van der Waals surface area contributed by atoms with E-state index in [2.05, 4.69) is 10.3 Å². The molecule has 0 aliphatic carbocycles. The van der Waals surface area contributed by atoms with Gasteiger partial charge in [0.25, 0.3) is 0 Å². The van der Waals surface area contributed by atoms with Crippen LogP contribution in [0.5, 0.6) is 0 Å². The first-order chi connectivity index (χ1) is 15.5. The van der Waals surface area contributed by atoms with Gasteiger partial charge in [0.15, 0.2) is 0 Å². The molecule has 0 spiro atoms. The van der Waals surface area contributed by atoms with Crippen molar-refractivity contribution in [1.82, 2.24) is 14.6 Å². The van der Waals surface area contributed by atoms with Crippen LogP contribution in [-0.4, -0.2) is 49.8 Å². The van der Waals surface area contributed by atoms with Crippen molar-refractivity contribution < 1.29 is 17.6 Å². The van der Waals surface area contributed by atoms with Crippen LogP contribution in [0.4, 0.5) is 10.2 Å². The van der Waals surface area contributed by atoms with Crippen LogP contribution >= 0.6 is 0 Å². The average molecular weight is 461 g/mol. The second kappa shape index (κ2) is 9.95. The number of pyridine rings is 1. The highest BCUT2D eigenvalue weighted by Crippen LogP contribution is 2.30. The third-order valence-electron chi connectivity index (χ3n) is 6.26. The average Bonchev–Trinajstić information content (AvgIpc) is 2.84. The van der Waals surface area contributed by atoms with Gasteiger partial charge in [0.2, 0.25) is 15.9 Å². The summed E-state index contributed by atoms with van der Waals surface area (Å²) in [6, 6.07) is 9.67. The molecule has 0 unspecified atom stereocenters. The number of aromatic nitrogens is 1. The molecule has 0 atom stereocenters. The van der Waals surface area contributed by atoms with E-state index in [1.165, 1.54) is 6.07 Å². The molecule has 1 N–H and O–H groups in total. The summed E-state index contributed by atoms with van der Waals surface area (Å²) < 4.78 is 41.8. The number of hydrogen-bond donors (Lipinski definition) is 1. The van der Waals surface area contributed by atoms with E-state index in [9.17, 15) is 17.6 Å². The van der Waals surface area contributed by atoms with Gasteiger partial charge in [0.1, 0.15) is 16.5 Å². The van der Waals surface area contributed by atoms with E-state index in [-0.39, 0.29) is 29.1 Å². The maximum Gasteiger partial charge on any atom is 0.246 e. The molecule has 172 valence electrons. The van der Waals surface area contributed by atoms with Crippen molar-refractivity contribution in [3.8, 4) is 0 Å². The third kappa shape index (κ3) is 4.94. The number of anilines is 1. The zero-order valence-electron chi connectivity index (χ0n) is 18.0. The Bertz CT molecular complexity index is 1050. The standard InChI is InChI=1S/C23H29FN4O3S/c24-20-8-3-2-7-19(20)17-26-23(29)18-10-15-27(16-11-18)22-21(9-6-12-25-22)32(30,31)28-13-4-1-5-14-28/h2-3,6-9,12,18H,1,4-5,10-11,13-17H2,(H,26,29). The number of nitrogens with zero attached hydrogens (tertiary/aromatic N) is 3. The van der Waals surface area contributed by atoms with Crippen molar-refractivity contribution >= 4 is 21.7 Å². The molecule has 2 aliphatic rings. The number of hydrogen-bond acceptors (Lipinski definition) is 5. The number of carbonyl (C=O) groups excluding carboxylic acids is 1. The van der Waals surface area contributed by atoms with Gasteiger partial charge < -0.3 is 10.2 Å². The largest absolute Gasteiger partial charge is 0.355 e. The smallest absolute Gasteiger partial charge is 0.246 e. The summed E-state index contributed by atoms with van der Waals surface area (Å²) in [5.74, 6) is -0.164. The highest BCUT2D eigenvalue weighted by Gasteiger charge is 2.32. The molecule has 1 amide bonds. The molecule has 4 rings (SSSR count). The van der Waals surface area contributed by atoms with E-state index in [4.69, 9.17) is 0 Å². The van der Waals surface area contributed by atoms with Gasteiger partial charge in [-0.1, -0.05) is 24.6 Å². The Balaban J connectivity index is 1.39. The summed E-state index contributed by atoms with van der Waals surface area (Å²) in [5.41, 5.74) is 0.458. The van der Waals surface area contributed by atoms with E-state index in [1.54, 1.807) is 40.8 Å². The maximum absolute atomic E-state index is 13.8. The first-order valence-electron chi connectivity index (χ1n) is 11.2. The Kier molecular flexibility index (Phi) is 7.05. The van der Waals surface area contributed by atoms with Gasteiger partial charge in [0, 0.05) is 50.4 Å². The van der Waals surface area contributed by atoms with Crippen LogP contribution in [0.2, 0.25) is 0 Å². The minimum absolute atomic E-state index is 0.102. The number of sulfonamides is 1. The molecule has 2 saturated heterocycles. The van der Waals surface area contributed by atoms with Crippen molar-refractivity contribution in [3.63, 3.8) is 0 Å². The van der Waals surface area contributed by atoms with E-state index < -0.39 is 10.0 Å². The molecule has 2 aromatic rings. The van der Waals surface area contributed by atoms with Crippen LogP contribution in [-0.2, 0) is 21.4 Å². The second-order valence-corrected chi connectivity index (χ2v) is 10.3. The molecular formula is C23H29FN4O3S. The Labute approximate surface area is 188 Å². The third-order valence-corrected chi connectivity index (χ3v) is 8.18. The van der Waals surface area contributed by atoms with Crippen LogP contribution < -0.4 is 10.2 Å². The van der Waals surface area contributed by atoms with Crippen molar-refractivity contribution in [2.24, 2.45) is 5.92 Å². The topological polar surface area (TPSA) is 82.6 Å². The Morgan fingerprint density at radius 2 is 1.75 bits per heavy atom. The van der Waals surface area contributed by atoms with Crippen LogP contribution in [0.3, 0.4) is 0 Å². The quantitative estimate of drug-likeness (QED) is 0.717. The molecule has 0 radical (unpaired) electrons. The summed E-state index contributed by atoms with van der Waals surface area (Å²) in [7, 11) is -3.60. The normalized spacial score (nSPS) is 18.5. The zero-order valence-corrected chi connectivity index (χ0v) is 18.9. The molecule has 32 heavy (non-hydrogen) atoms. The number of halogens is 1. The number of amides is 1. The molecule has 2 aliphatic heterocycles. The lowest BCUT2D eigenvalue weighted by Crippen LogP contribution is -2.42. The summed E-state index contributed by atoms with van der Waals surface area (Å²) >= 11 is 0. The predicted octanol–water partition coefficient (Wildman–Crippen LogP) is 2.93. The van der Waals surface area contributed by atoms with Gasteiger partial charge in [-0.2, -0.15) is 4.31 Å². The predicted molar refractivity (Wildman–Crippen MR) is 120 cm³/mol. The van der Waals surface area contributed by atoms with Gasteiger partial charge in [-0.05, 0) is 43.9 Å². The number of piperidine rings is 2. The molecule has 3 heterocycles. The molecule has 2 fully saturated rings. The first-order valence-corrected chi connectivity index (χ1v) is 12.6. The lowest BCUT2D eigenvalue weighted by molar-refractivity contribution is -0.125. The van der Waals surface area contributed by atoms with Crippen molar-refractivity contribution in [3.05, 3.63) is 54.0 Å². The Morgan fingerprint density at radius 1 is 1.03 bits per heavy atom. The fraction of sp³-hybridized carbons (Fsp3) is 0.478. The van der Waals surface area contributed by atoms with Gasteiger partial charge in [-0.25, -0.2) is 17.8 Å². The van der Waals surface area contributed by atoms with E-state index in [0.717, 1.165) is 19.3 Å². The Morgan fingerprint density at radius 3 is 2.47 bits per heavy atom. The molecule has 1 aromatic heterocycles. The molecular weight excluding hydrogens is 431 g/mol. The van der Waals surface area contributed by atoms with Gasteiger partial charge in [-0.3, -0.25) is 4.79 Å². The summed E-state index contributed by atoms with van der Waals surface area (Å²) in [5, 5.41) is 2.83. The van der Waals surface area contributed by atoms with Crippen LogP contribution in [0.15, 0.2) is 47.5 Å². The van der Waals surface area contributed by atoms with E-state index in [1.807, 2.05) is 4.90 Å². The van der Waals surface area contributed by atoms with Crippen molar-refractivity contribution in [2.45, 2.75) is 43.5 Å². The molecule has 0 bridgehead atoms. The van der Waals surface area contributed by atoms with Crippen molar-refractivity contribution in [2.75, 3.05) is 31.1 Å². The van der Waals surface area contributed by atoms with E-state index >= 15 is 0 Å². The number of carbonyl (C=O) groups is 1. The first kappa shape index (κ1) is 22.7. The van der Waals surface area contributed by atoms with E-state index in [0.29, 0.717) is 50.4 Å². The Hall–Kier alpha value is -2.52. The lowest BCUT2D eigenvalue weighted by atomic mass is 9.95. The number of rotatable bonds is 6. The molecule has 9 heteroatoms. The van der Waals surface area contributed by atoms with Crippen LogP contribution in [0.25, 0.3) is 0 Å². The summed E-state index contributed by atoms with van der Waals surface area (Å²) in [6.45, 7) is 2.32. The fourth-order valence-corrected chi connectivity index (χ4v) is 6.07. The highest BCUT2D eigenvalue weighted by atomic mass is 32.2. The number of nitrogens with one attached hydrogen (secondary N) is 1. The van der Waals surface area contributed by atoms with Gasteiger partial charge in [0.05, 0.1) is 0 Å². The van der Waals surface area contributed by atoms with Crippen molar-refractivity contribution in [1.29, 1.82) is 0 Å². The fourth-order valence-electron chi connectivity index (χ4n) is 4.39. The van der Waals surface area contributed by atoms with Crippen LogP contribution in [0.1, 0.15) is 37.7 Å². The maximum atomic E-state index is 13.8. The monoisotopic (exact) mass is 460 g/mol. The highest BCUT2D eigenvalue weighted by molar-refractivity contribution is 7.89. The second-order valence-electron chi connectivity index (χ2n) is 8.36. The zero-order chi connectivity index (χ0) is 22.6. The van der Waals surface area contributed by atoms with Gasteiger partial charge >= 0.3 is 0 Å². The molecule has 7 nitrogen and oxygen atoms in total. The number of benzene rings is 1. The SMILES string of the molecule is O=C(NCc1ccccc1F)C1CCN(c2ncccc2S(=O)(=O)N2CCCCC2)CC1. The van der Waals surface area contributed by atoms with Gasteiger partial charge in [-0.15, -0.1) is 0 Å². The molecule has 0 saturated carbocycles. The minimum atomic E-state index is -3.60. The summed E-state index contributed by atoms with van der Waals surface area (Å²) in [6.07, 6.45) is 5.59.